The lowest BCUT2D eigenvalue weighted by Gasteiger charge is -2.14. The number of aryl methyl sites for hydroxylation is 1. The summed E-state index contributed by atoms with van der Waals surface area (Å²) in [5, 5.41) is 14.2. The van der Waals surface area contributed by atoms with Crippen molar-refractivity contribution in [3.8, 4) is 0 Å². The molecule has 0 radical (unpaired) electrons. The van der Waals surface area contributed by atoms with Gasteiger partial charge in [0.1, 0.15) is 0 Å². The number of rotatable bonds is 6. The summed E-state index contributed by atoms with van der Waals surface area (Å²) in [6.45, 7) is 4.16. The van der Waals surface area contributed by atoms with Crippen molar-refractivity contribution >= 4 is 33.6 Å². The lowest BCUT2D eigenvalue weighted by atomic mass is 10.0. The second-order valence-corrected chi connectivity index (χ2v) is 5.58. The summed E-state index contributed by atoms with van der Waals surface area (Å²) >= 11 is 3.36. The molecular formula is C14H19BrN2O3. The van der Waals surface area contributed by atoms with Crippen LogP contribution in [0.2, 0.25) is 0 Å². The lowest BCUT2D eigenvalue weighted by Crippen LogP contribution is -2.33. The largest absolute Gasteiger partial charge is 0.481 e. The van der Waals surface area contributed by atoms with E-state index < -0.39 is 5.97 Å². The number of anilines is 1. The lowest BCUT2D eigenvalue weighted by molar-refractivity contribution is -0.138. The number of carboxylic acids is 1. The zero-order chi connectivity index (χ0) is 15.1. The summed E-state index contributed by atoms with van der Waals surface area (Å²) in [6.07, 6.45) is 0.776. The van der Waals surface area contributed by atoms with Gasteiger partial charge in [0.15, 0.2) is 0 Å². The van der Waals surface area contributed by atoms with Gasteiger partial charge in [-0.25, -0.2) is 4.79 Å². The fourth-order valence-electron chi connectivity index (χ4n) is 1.78. The van der Waals surface area contributed by atoms with Gasteiger partial charge in [0.2, 0.25) is 0 Å². The van der Waals surface area contributed by atoms with Crippen LogP contribution in [0.25, 0.3) is 0 Å². The third kappa shape index (κ3) is 5.61. The number of carbonyl (C=O) groups excluding carboxylic acids is 1. The first-order valence-electron chi connectivity index (χ1n) is 6.45. The van der Waals surface area contributed by atoms with Crippen molar-refractivity contribution < 1.29 is 14.7 Å². The van der Waals surface area contributed by atoms with Crippen LogP contribution in [0.5, 0.6) is 0 Å². The van der Waals surface area contributed by atoms with Crippen molar-refractivity contribution in [2.75, 3.05) is 11.9 Å². The Hall–Kier alpha value is -1.56. The molecule has 0 aliphatic rings. The van der Waals surface area contributed by atoms with Crippen LogP contribution in [0.1, 0.15) is 25.3 Å². The monoisotopic (exact) mass is 342 g/mol. The molecule has 0 saturated carbocycles. The highest BCUT2D eigenvalue weighted by atomic mass is 79.9. The molecule has 0 spiro atoms. The van der Waals surface area contributed by atoms with Crippen LogP contribution in [-0.4, -0.2) is 23.7 Å². The summed E-state index contributed by atoms with van der Waals surface area (Å²) in [7, 11) is 0. The molecule has 6 heteroatoms. The van der Waals surface area contributed by atoms with Gasteiger partial charge in [0, 0.05) is 23.1 Å². The number of urea groups is 1. The normalized spacial score (nSPS) is 11.8. The Balaban J connectivity index is 2.49. The molecule has 0 aliphatic carbocycles. The van der Waals surface area contributed by atoms with E-state index in [-0.39, 0.29) is 18.4 Å². The molecule has 0 bridgehead atoms. The van der Waals surface area contributed by atoms with E-state index in [1.807, 2.05) is 32.0 Å². The van der Waals surface area contributed by atoms with E-state index in [1.54, 1.807) is 0 Å². The molecule has 0 saturated heterocycles. The Kier molecular flexibility index (Phi) is 6.51. The fraction of sp³-hybridized carbons (Fsp3) is 0.429. The highest BCUT2D eigenvalue weighted by Gasteiger charge is 2.12. The van der Waals surface area contributed by atoms with Gasteiger partial charge in [-0.3, -0.25) is 4.79 Å². The number of halogens is 1. The average Bonchev–Trinajstić information content (AvgIpc) is 2.37. The summed E-state index contributed by atoms with van der Waals surface area (Å²) < 4.78 is 0.952. The van der Waals surface area contributed by atoms with Gasteiger partial charge in [-0.2, -0.15) is 0 Å². The first kappa shape index (κ1) is 16.5. The minimum Gasteiger partial charge on any atom is -0.481 e. The second kappa shape index (κ2) is 7.89. The summed E-state index contributed by atoms with van der Waals surface area (Å²) in [6, 6.07) is 5.25. The highest BCUT2D eigenvalue weighted by molar-refractivity contribution is 9.10. The maximum Gasteiger partial charge on any atom is 0.319 e. The van der Waals surface area contributed by atoms with Gasteiger partial charge < -0.3 is 15.7 Å². The summed E-state index contributed by atoms with van der Waals surface area (Å²) in [5.74, 6) is -0.896. The first-order chi connectivity index (χ1) is 9.42. The third-order valence-corrected chi connectivity index (χ3v) is 3.52. The van der Waals surface area contributed by atoms with Crippen molar-refractivity contribution in [1.82, 2.24) is 5.32 Å². The van der Waals surface area contributed by atoms with Crippen LogP contribution in [0.3, 0.4) is 0 Å². The molecule has 0 aliphatic heterocycles. The molecule has 1 aromatic rings. The van der Waals surface area contributed by atoms with Crippen LogP contribution in [0, 0.1) is 12.8 Å². The average molecular weight is 343 g/mol. The van der Waals surface area contributed by atoms with Crippen molar-refractivity contribution in [3.63, 3.8) is 0 Å². The van der Waals surface area contributed by atoms with E-state index in [2.05, 4.69) is 26.6 Å². The molecule has 0 heterocycles. The van der Waals surface area contributed by atoms with E-state index in [1.165, 1.54) is 0 Å². The van der Waals surface area contributed by atoms with Gasteiger partial charge in [0.05, 0.1) is 0 Å². The SMILES string of the molecule is CCC(CNC(=O)Nc1ccc(Br)cc1C)CC(=O)O. The van der Waals surface area contributed by atoms with Crippen molar-refractivity contribution in [2.45, 2.75) is 26.7 Å². The van der Waals surface area contributed by atoms with Gasteiger partial charge in [-0.15, -0.1) is 0 Å². The standard InChI is InChI=1S/C14H19BrN2O3/c1-3-10(7-13(18)19)8-16-14(20)17-12-5-4-11(15)6-9(12)2/h4-6,10H,3,7-8H2,1-2H3,(H,18,19)(H2,16,17,20). The Morgan fingerprint density at radius 2 is 2.10 bits per heavy atom. The maximum absolute atomic E-state index is 11.8. The minimum absolute atomic E-state index is 0.0516. The number of carboxylic acid groups (broad SMARTS) is 1. The third-order valence-electron chi connectivity index (χ3n) is 3.03. The van der Waals surface area contributed by atoms with Crippen LogP contribution >= 0.6 is 15.9 Å². The smallest absolute Gasteiger partial charge is 0.319 e. The molecule has 3 N–H and O–H groups in total. The molecule has 0 aromatic heterocycles. The molecule has 2 amide bonds. The molecule has 1 unspecified atom stereocenters. The molecule has 20 heavy (non-hydrogen) atoms. The van der Waals surface area contributed by atoms with E-state index in [4.69, 9.17) is 5.11 Å². The van der Waals surface area contributed by atoms with Gasteiger partial charge >= 0.3 is 12.0 Å². The predicted octanol–water partition coefficient (Wildman–Crippen LogP) is 3.38. The van der Waals surface area contributed by atoms with Gasteiger partial charge in [0.25, 0.3) is 0 Å². The Labute approximate surface area is 126 Å². The molecule has 1 atom stereocenters. The minimum atomic E-state index is -0.845. The van der Waals surface area contributed by atoms with E-state index >= 15 is 0 Å². The number of amides is 2. The number of hydrogen-bond donors (Lipinski definition) is 3. The first-order valence-corrected chi connectivity index (χ1v) is 7.24. The van der Waals surface area contributed by atoms with Crippen LogP contribution in [0.15, 0.2) is 22.7 Å². The van der Waals surface area contributed by atoms with Crippen molar-refractivity contribution in [1.29, 1.82) is 0 Å². The summed E-state index contributed by atoms with van der Waals surface area (Å²) in [4.78, 5) is 22.4. The molecule has 110 valence electrons. The number of nitrogens with one attached hydrogen (secondary N) is 2. The Morgan fingerprint density at radius 1 is 1.40 bits per heavy atom. The number of aliphatic carboxylic acids is 1. The van der Waals surface area contributed by atoms with Crippen molar-refractivity contribution in [3.05, 3.63) is 28.2 Å². The molecular weight excluding hydrogens is 324 g/mol. The zero-order valence-corrected chi connectivity index (χ0v) is 13.2. The fourth-order valence-corrected chi connectivity index (χ4v) is 2.25. The van der Waals surface area contributed by atoms with Crippen LogP contribution in [0.4, 0.5) is 10.5 Å². The molecule has 5 nitrogen and oxygen atoms in total. The Bertz CT molecular complexity index is 491. The van der Waals surface area contributed by atoms with E-state index in [9.17, 15) is 9.59 Å². The summed E-state index contributed by atoms with van der Waals surface area (Å²) in [5.41, 5.74) is 1.68. The maximum atomic E-state index is 11.8. The predicted molar refractivity (Wildman–Crippen MR) is 81.9 cm³/mol. The van der Waals surface area contributed by atoms with Crippen molar-refractivity contribution in [2.24, 2.45) is 5.92 Å². The van der Waals surface area contributed by atoms with E-state index in [0.29, 0.717) is 13.0 Å². The number of carbonyl (C=O) groups is 2. The second-order valence-electron chi connectivity index (χ2n) is 4.67. The van der Waals surface area contributed by atoms with Gasteiger partial charge in [-0.05, 0) is 36.6 Å². The quantitative estimate of drug-likeness (QED) is 0.741. The number of hydrogen-bond acceptors (Lipinski definition) is 2. The Morgan fingerprint density at radius 3 is 2.65 bits per heavy atom. The van der Waals surface area contributed by atoms with Crippen LogP contribution < -0.4 is 10.6 Å². The molecule has 0 fully saturated rings. The molecule has 1 aromatic carbocycles. The molecule has 1 rings (SSSR count). The number of benzene rings is 1. The zero-order valence-electron chi connectivity index (χ0n) is 11.6. The highest BCUT2D eigenvalue weighted by Crippen LogP contribution is 2.19. The van der Waals surface area contributed by atoms with Gasteiger partial charge in [-0.1, -0.05) is 29.3 Å². The topological polar surface area (TPSA) is 78.4 Å². The van der Waals surface area contributed by atoms with Crippen LogP contribution in [-0.2, 0) is 4.79 Å². The van der Waals surface area contributed by atoms with E-state index in [0.717, 1.165) is 15.7 Å².